The van der Waals surface area contributed by atoms with Gasteiger partial charge in [-0.1, -0.05) is 23.3 Å². The van der Waals surface area contributed by atoms with Crippen molar-refractivity contribution in [3.8, 4) is 5.75 Å². The molecule has 5 heteroatoms. The first-order valence-corrected chi connectivity index (χ1v) is 6.72. The molecule has 0 unspecified atom stereocenters. The molecule has 0 fully saturated rings. The number of hydrogen-bond donors (Lipinski definition) is 1. The minimum absolute atomic E-state index is 0.00820. The van der Waals surface area contributed by atoms with Gasteiger partial charge in [-0.2, -0.15) is 8.78 Å². The molecule has 0 atom stereocenters. The van der Waals surface area contributed by atoms with E-state index in [2.05, 4.69) is 30.8 Å². The molecular weight excluding hydrogens is 284 g/mol. The van der Waals surface area contributed by atoms with Crippen LogP contribution in [-0.2, 0) is 0 Å². The van der Waals surface area contributed by atoms with E-state index in [1.807, 2.05) is 6.92 Å². The molecule has 0 radical (unpaired) electrons. The molecule has 0 spiro atoms. The van der Waals surface area contributed by atoms with E-state index >= 15 is 0 Å². The molecule has 1 N–H and O–H groups in total. The first-order chi connectivity index (χ1) is 9.17. The first-order valence-electron chi connectivity index (χ1n) is 6.34. The maximum atomic E-state index is 12.4. The van der Waals surface area contributed by atoms with E-state index < -0.39 is 6.61 Å². The highest BCUT2D eigenvalue weighted by Gasteiger charge is 2.11. The minimum Gasteiger partial charge on any atom is -0.434 e. The summed E-state index contributed by atoms with van der Waals surface area (Å²) in [5, 5.41) is 3.81. The Hall–Kier alpha value is -1.13. The van der Waals surface area contributed by atoms with Crippen molar-refractivity contribution in [3.63, 3.8) is 0 Å². The van der Waals surface area contributed by atoms with Gasteiger partial charge in [0.15, 0.2) is 0 Å². The Morgan fingerprint density at radius 3 is 2.60 bits per heavy atom. The summed E-state index contributed by atoms with van der Waals surface area (Å²) in [7, 11) is 0. The SMILES string of the molecule is CC(=Cc1cc(Cl)ccc1OC(F)F)CNC(C)(C)C. The van der Waals surface area contributed by atoms with Crippen molar-refractivity contribution in [3.05, 3.63) is 34.4 Å². The van der Waals surface area contributed by atoms with Crippen molar-refractivity contribution >= 4 is 17.7 Å². The fourth-order valence-corrected chi connectivity index (χ4v) is 1.74. The third-order valence-corrected chi connectivity index (χ3v) is 2.72. The summed E-state index contributed by atoms with van der Waals surface area (Å²) in [5.41, 5.74) is 1.54. The lowest BCUT2D eigenvalue weighted by Gasteiger charge is -2.20. The van der Waals surface area contributed by atoms with E-state index in [1.54, 1.807) is 12.1 Å². The lowest BCUT2D eigenvalue weighted by molar-refractivity contribution is -0.0499. The van der Waals surface area contributed by atoms with Crippen LogP contribution in [0.3, 0.4) is 0 Å². The lowest BCUT2D eigenvalue weighted by Crippen LogP contribution is -2.36. The molecule has 0 aliphatic rings. The minimum atomic E-state index is -2.85. The van der Waals surface area contributed by atoms with Crippen LogP contribution in [0.5, 0.6) is 5.75 Å². The maximum absolute atomic E-state index is 12.4. The number of rotatable bonds is 5. The predicted octanol–water partition coefficient (Wildman–Crippen LogP) is 4.73. The van der Waals surface area contributed by atoms with Crippen LogP contribution in [0.25, 0.3) is 6.08 Å². The fraction of sp³-hybridized carbons (Fsp3) is 0.467. The number of alkyl halides is 2. The molecule has 20 heavy (non-hydrogen) atoms. The van der Waals surface area contributed by atoms with Gasteiger partial charge in [-0.15, -0.1) is 0 Å². The van der Waals surface area contributed by atoms with Crippen LogP contribution < -0.4 is 10.1 Å². The largest absolute Gasteiger partial charge is 0.434 e. The van der Waals surface area contributed by atoms with Crippen molar-refractivity contribution in [1.29, 1.82) is 0 Å². The van der Waals surface area contributed by atoms with Gasteiger partial charge in [-0.3, -0.25) is 0 Å². The number of benzene rings is 1. The third kappa shape index (κ3) is 6.35. The molecule has 1 rings (SSSR count). The summed E-state index contributed by atoms with van der Waals surface area (Å²) in [6, 6.07) is 4.59. The average molecular weight is 304 g/mol. The predicted molar refractivity (Wildman–Crippen MR) is 79.5 cm³/mol. The molecule has 1 aromatic carbocycles. The molecule has 0 aromatic heterocycles. The van der Waals surface area contributed by atoms with Crippen LogP contribution in [0.1, 0.15) is 33.3 Å². The highest BCUT2D eigenvalue weighted by Crippen LogP contribution is 2.26. The van der Waals surface area contributed by atoms with Gasteiger partial charge in [0.1, 0.15) is 5.75 Å². The van der Waals surface area contributed by atoms with Gasteiger partial charge in [-0.25, -0.2) is 0 Å². The van der Waals surface area contributed by atoms with Crippen molar-refractivity contribution in [2.45, 2.75) is 39.8 Å². The smallest absolute Gasteiger partial charge is 0.387 e. The summed E-state index contributed by atoms with van der Waals surface area (Å²) in [6.45, 7) is 5.91. The van der Waals surface area contributed by atoms with Crippen LogP contribution >= 0.6 is 11.6 Å². The van der Waals surface area contributed by atoms with E-state index in [9.17, 15) is 8.78 Å². The maximum Gasteiger partial charge on any atom is 0.387 e. The second-order valence-corrected chi connectivity index (χ2v) is 6.09. The van der Waals surface area contributed by atoms with Gasteiger partial charge >= 0.3 is 6.61 Å². The number of hydrogen-bond acceptors (Lipinski definition) is 2. The lowest BCUT2D eigenvalue weighted by atomic mass is 10.1. The van der Waals surface area contributed by atoms with E-state index in [-0.39, 0.29) is 11.3 Å². The molecule has 0 aliphatic carbocycles. The number of ether oxygens (including phenoxy) is 1. The molecule has 1 aromatic rings. The molecule has 0 aliphatic heterocycles. The molecule has 0 bridgehead atoms. The summed E-state index contributed by atoms with van der Waals surface area (Å²) < 4.78 is 29.2. The summed E-state index contributed by atoms with van der Waals surface area (Å²) >= 11 is 5.90. The quantitative estimate of drug-likeness (QED) is 0.849. The normalized spacial score (nSPS) is 12.9. The summed E-state index contributed by atoms with van der Waals surface area (Å²) in [6.07, 6.45) is 1.79. The third-order valence-electron chi connectivity index (χ3n) is 2.49. The highest BCUT2D eigenvalue weighted by atomic mass is 35.5. The second-order valence-electron chi connectivity index (χ2n) is 5.65. The number of nitrogens with one attached hydrogen (secondary N) is 1. The second kappa shape index (κ2) is 7.04. The Bertz CT molecular complexity index is 481. The molecule has 112 valence electrons. The van der Waals surface area contributed by atoms with Crippen molar-refractivity contribution < 1.29 is 13.5 Å². The summed E-state index contributed by atoms with van der Waals surface area (Å²) in [5.74, 6) is 0.125. The monoisotopic (exact) mass is 303 g/mol. The number of halogens is 3. The van der Waals surface area contributed by atoms with E-state index in [0.29, 0.717) is 17.1 Å². The molecule has 0 saturated carbocycles. The first kappa shape index (κ1) is 16.9. The average Bonchev–Trinajstić information content (AvgIpc) is 2.29. The van der Waals surface area contributed by atoms with Gasteiger partial charge in [0.05, 0.1) is 0 Å². The van der Waals surface area contributed by atoms with Crippen molar-refractivity contribution in [1.82, 2.24) is 5.32 Å². The van der Waals surface area contributed by atoms with Gasteiger partial charge in [0.25, 0.3) is 0 Å². The van der Waals surface area contributed by atoms with Crippen molar-refractivity contribution in [2.24, 2.45) is 0 Å². The zero-order valence-electron chi connectivity index (χ0n) is 12.1. The molecule has 2 nitrogen and oxygen atoms in total. The van der Waals surface area contributed by atoms with E-state index in [1.165, 1.54) is 12.1 Å². The van der Waals surface area contributed by atoms with Gasteiger partial charge in [0, 0.05) is 22.7 Å². The van der Waals surface area contributed by atoms with E-state index in [4.69, 9.17) is 11.6 Å². The highest BCUT2D eigenvalue weighted by molar-refractivity contribution is 6.30. The van der Waals surface area contributed by atoms with Gasteiger partial charge < -0.3 is 10.1 Å². The molecular formula is C15H20ClF2NO. The van der Waals surface area contributed by atoms with Crippen LogP contribution in [0, 0.1) is 0 Å². The van der Waals surface area contributed by atoms with Crippen LogP contribution in [-0.4, -0.2) is 18.7 Å². The standard InChI is InChI=1S/C15H20ClF2NO/c1-10(9-19-15(2,3)4)7-11-8-12(16)5-6-13(11)20-14(17)18/h5-8,14,19H,9H2,1-4H3. The summed E-state index contributed by atoms with van der Waals surface area (Å²) in [4.78, 5) is 0. The molecule has 0 saturated heterocycles. The van der Waals surface area contributed by atoms with Crippen molar-refractivity contribution in [2.75, 3.05) is 6.54 Å². The molecule has 0 heterocycles. The topological polar surface area (TPSA) is 21.3 Å². The van der Waals surface area contributed by atoms with E-state index in [0.717, 1.165) is 5.57 Å². The van der Waals surface area contributed by atoms with Crippen LogP contribution in [0.4, 0.5) is 8.78 Å². The fourth-order valence-electron chi connectivity index (χ4n) is 1.56. The van der Waals surface area contributed by atoms with Gasteiger partial charge in [0.2, 0.25) is 0 Å². The Kier molecular flexibility index (Phi) is 5.96. The zero-order chi connectivity index (χ0) is 15.3. The Balaban J connectivity index is 2.91. The Labute approximate surface area is 123 Å². The molecule has 0 amide bonds. The Morgan fingerprint density at radius 2 is 2.05 bits per heavy atom. The van der Waals surface area contributed by atoms with Gasteiger partial charge in [-0.05, 0) is 45.9 Å². The Morgan fingerprint density at radius 1 is 1.40 bits per heavy atom. The van der Waals surface area contributed by atoms with Crippen LogP contribution in [0.15, 0.2) is 23.8 Å². The van der Waals surface area contributed by atoms with Crippen LogP contribution in [0.2, 0.25) is 5.02 Å². The zero-order valence-corrected chi connectivity index (χ0v) is 12.9.